The Balaban J connectivity index is 1.45. The average Bonchev–Trinajstić information content (AvgIpc) is 3.05. The van der Waals surface area contributed by atoms with E-state index in [-0.39, 0.29) is 29.6 Å². The number of rotatable bonds is 16. The van der Waals surface area contributed by atoms with Crippen molar-refractivity contribution in [3.05, 3.63) is 67.6 Å². The molecule has 1 heterocycles. The van der Waals surface area contributed by atoms with Crippen LogP contribution in [0.4, 0.5) is 0 Å². The lowest BCUT2D eigenvalue weighted by atomic mass is 9.67. The van der Waals surface area contributed by atoms with E-state index in [9.17, 15) is 9.59 Å². The fourth-order valence-electron chi connectivity index (χ4n) is 7.26. The Morgan fingerprint density at radius 3 is 2.21 bits per heavy atom. The molecule has 1 saturated heterocycles. The lowest BCUT2D eigenvalue weighted by molar-refractivity contribution is -0.136. The fourth-order valence-corrected chi connectivity index (χ4v) is 8.23. The molecule has 1 aliphatic carbocycles. The molecule has 1 aliphatic heterocycles. The summed E-state index contributed by atoms with van der Waals surface area (Å²) < 4.78 is 0. The van der Waals surface area contributed by atoms with Gasteiger partial charge in [-0.1, -0.05) is 77.8 Å². The number of piperazine rings is 1. The van der Waals surface area contributed by atoms with Gasteiger partial charge < -0.3 is 32.7 Å². The van der Waals surface area contributed by atoms with E-state index in [0.29, 0.717) is 71.4 Å². The highest BCUT2D eigenvalue weighted by Crippen LogP contribution is 2.41. The van der Waals surface area contributed by atoms with E-state index in [0.717, 1.165) is 62.7 Å². The van der Waals surface area contributed by atoms with Crippen LogP contribution in [0.5, 0.6) is 0 Å². The minimum atomic E-state index is -0.737. The number of nitrogens with two attached hydrogens (primary N) is 3. The first-order chi connectivity index (χ1) is 22.6. The topological polar surface area (TPSA) is 140 Å². The maximum Gasteiger partial charge on any atom is 0.240 e. The van der Waals surface area contributed by atoms with Gasteiger partial charge in [0, 0.05) is 64.8 Å². The number of carbonyl (C=O) groups is 2. The molecule has 0 spiro atoms. The van der Waals surface area contributed by atoms with E-state index in [1.54, 1.807) is 24.3 Å². The van der Waals surface area contributed by atoms with Crippen molar-refractivity contribution >= 4 is 58.1 Å². The van der Waals surface area contributed by atoms with Crippen LogP contribution >= 0.6 is 46.4 Å². The lowest BCUT2D eigenvalue weighted by Crippen LogP contribution is -2.58. The van der Waals surface area contributed by atoms with Crippen LogP contribution in [0.2, 0.25) is 20.1 Å². The number of unbranched alkanes of at least 4 members (excludes halogenated alkanes) is 1. The van der Waals surface area contributed by atoms with Gasteiger partial charge in [-0.3, -0.25) is 9.59 Å². The van der Waals surface area contributed by atoms with Gasteiger partial charge in [0.2, 0.25) is 5.91 Å². The van der Waals surface area contributed by atoms with Crippen molar-refractivity contribution in [2.24, 2.45) is 35.0 Å². The van der Waals surface area contributed by atoms with Gasteiger partial charge in [0.15, 0.2) is 5.78 Å². The first-order valence-electron chi connectivity index (χ1n) is 16.9. The molecule has 2 aliphatic rings. The molecule has 2 fully saturated rings. The second-order valence-corrected chi connectivity index (χ2v) is 14.9. The lowest BCUT2D eigenvalue weighted by Gasteiger charge is -2.43. The van der Waals surface area contributed by atoms with E-state index in [4.69, 9.17) is 63.6 Å². The minimum Gasteiger partial charge on any atom is -0.336 e. The van der Waals surface area contributed by atoms with Gasteiger partial charge >= 0.3 is 0 Å². The Labute approximate surface area is 299 Å². The summed E-state index contributed by atoms with van der Waals surface area (Å²) in [5.74, 6) is 0.354. The molecule has 4 rings (SSSR count). The summed E-state index contributed by atoms with van der Waals surface area (Å²) in [6, 6.07) is 9.05. The Hall–Kier alpha value is -1.46. The van der Waals surface area contributed by atoms with E-state index >= 15 is 0 Å². The van der Waals surface area contributed by atoms with Crippen LogP contribution in [-0.4, -0.2) is 74.0 Å². The fraction of sp³-hybridized carbons (Fsp3) is 0.600. The van der Waals surface area contributed by atoms with E-state index in [1.807, 2.05) is 17.0 Å². The second-order valence-electron chi connectivity index (χ2n) is 13.2. The summed E-state index contributed by atoms with van der Waals surface area (Å²) in [4.78, 5) is 29.8. The van der Waals surface area contributed by atoms with Gasteiger partial charge in [-0.2, -0.15) is 0 Å². The number of hydrogen-bond donors (Lipinski definition) is 5. The molecule has 0 radical (unpaired) electrons. The monoisotopic (exact) mass is 726 g/mol. The molecule has 3 unspecified atom stereocenters. The predicted molar refractivity (Wildman–Crippen MR) is 194 cm³/mol. The summed E-state index contributed by atoms with van der Waals surface area (Å²) in [6.45, 7) is 4.32. The van der Waals surface area contributed by atoms with Crippen molar-refractivity contribution in [1.29, 1.82) is 0 Å². The van der Waals surface area contributed by atoms with Crippen LogP contribution in [0.25, 0.3) is 0 Å². The first-order valence-corrected chi connectivity index (χ1v) is 18.4. The van der Waals surface area contributed by atoms with E-state index in [2.05, 4.69) is 10.6 Å². The minimum absolute atomic E-state index is 0.0737. The summed E-state index contributed by atoms with van der Waals surface area (Å²) >= 11 is 25.0. The normalized spacial score (nSPS) is 23.0. The molecule has 260 valence electrons. The molecule has 8 nitrogen and oxygen atoms in total. The molecule has 1 amide bonds. The number of ketones is 1. The number of carbonyl (C=O) groups excluding carboxylic acids is 2. The highest BCUT2D eigenvalue weighted by molar-refractivity contribution is 6.35. The van der Waals surface area contributed by atoms with Crippen molar-refractivity contribution < 1.29 is 9.59 Å². The van der Waals surface area contributed by atoms with Crippen molar-refractivity contribution in [2.75, 3.05) is 39.3 Å². The SMILES string of the molecule is NCCNCCCCC1CCC(C[C@H]2CNCCN2C(=O)[C@H](N)Cc2ccc(Cl)cc2Cl)C(C(=O)[C@H](N)Cc2ccc(Cl)cc2Cl)C1. The van der Waals surface area contributed by atoms with Crippen LogP contribution < -0.4 is 27.8 Å². The Morgan fingerprint density at radius 2 is 1.57 bits per heavy atom. The Bertz CT molecular complexity index is 1330. The molecule has 0 bridgehead atoms. The maximum absolute atomic E-state index is 14.2. The summed E-state index contributed by atoms with van der Waals surface area (Å²) in [5, 5.41) is 8.92. The largest absolute Gasteiger partial charge is 0.336 e. The Kier molecular flexibility index (Phi) is 15.6. The number of amides is 1. The molecule has 1 saturated carbocycles. The second kappa shape index (κ2) is 19.1. The van der Waals surface area contributed by atoms with Crippen LogP contribution in [0.1, 0.15) is 56.1 Å². The van der Waals surface area contributed by atoms with Crippen molar-refractivity contribution in [3.8, 4) is 0 Å². The summed E-state index contributed by atoms with van der Waals surface area (Å²) in [5.41, 5.74) is 20.3. The molecule has 12 heteroatoms. The van der Waals surface area contributed by atoms with E-state index < -0.39 is 12.1 Å². The number of hydrogen-bond acceptors (Lipinski definition) is 7. The van der Waals surface area contributed by atoms with E-state index in [1.165, 1.54) is 0 Å². The highest BCUT2D eigenvalue weighted by atomic mass is 35.5. The summed E-state index contributed by atoms with van der Waals surface area (Å²) in [7, 11) is 0. The molecule has 6 atom stereocenters. The predicted octanol–water partition coefficient (Wildman–Crippen LogP) is 5.25. The number of benzene rings is 2. The zero-order chi connectivity index (χ0) is 33.9. The molecule has 0 aromatic heterocycles. The molecule has 47 heavy (non-hydrogen) atoms. The number of Topliss-reactive ketones (excluding diaryl/α,β-unsaturated/α-hetero) is 1. The third-order valence-corrected chi connectivity index (χ3v) is 11.0. The number of halogens is 4. The maximum atomic E-state index is 14.2. The standard InChI is InChI=1S/C35H50Cl4N6O2/c36-26-8-6-24(30(38)19-26)17-32(41)34(46)29-15-22(3-1-2-11-43-12-10-40)4-5-23(29)16-28-21-44-13-14-45(28)35(47)33(42)18-25-7-9-27(37)20-31(25)39/h6-9,19-20,22-23,28-29,32-33,43-44H,1-5,10-18,21,40-42H2/t22?,23?,28-,29?,32+,33+/m0/s1. The highest BCUT2D eigenvalue weighted by Gasteiger charge is 2.40. The van der Waals surface area contributed by atoms with Gasteiger partial charge in [0.1, 0.15) is 0 Å². The van der Waals surface area contributed by atoms with Gasteiger partial charge in [-0.15, -0.1) is 0 Å². The van der Waals surface area contributed by atoms with Gasteiger partial charge in [0.25, 0.3) is 0 Å². The average molecular weight is 729 g/mol. The third kappa shape index (κ3) is 11.3. The number of nitrogens with zero attached hydrogens (tertiary/aromatic N) is 1. The van der Waals surface area contributed by atoms with Crippen LogP contribution in [0, 0.1) is 17.8 Å². The van der Waals surface area contributed by atoms with Crippen LogP contribution in [0.3, 0.4) is 0 Å². The van der Waals surface area contributed by atoms with Crippen LogP contribution in [0.15, 0.2) is 36.4 Å². The number of nitrogens with one attached hydrogen (secondary N) is 2. The molecular formula is C35H50Cl4N6O2. The zero-order valence-electron chi connectivity index (χ0n) is 27.0. The van der Waals surface area contributed by atoms with Gasteiger partial charge in [-0.25, -0.2) is 0 Å². The molecule has 2 aromatic rings. The molecule has 2 aromatic carbocycles. The molecule has 8 N–H and O–H groups in total. The van der Waals surface area contributed by atoms with Crippen LogP contribution in [-0.2, 0) is 22.4 Å². The zero-order valence-corrected chi connectivity index (χ0v) is 30.1. The van der Waals surface area contributed by atoms with Gasteiger partial charge in [0.05, 0.1) is 12.1 Å². The van der Waals surface area contributed by atoms with Crippen molar-refractivity contribution in [3.63, 3.8) is 0 Å². The first kappa shape index (κ1) is 38.3. The smallest absolute Gasteiger partial charge is 0.240 e. The summed E-state index contributed by atoms with van der Waals surface area (Å²) in [6.07, 6.45) is 7.45. The third-order valence-electron chi connectivity index (χ3n) is 9.81. The van der Waals surface area contributed by atoms with Crippen molar-refractivity contribution in [1.82, 2.24) is 15.5 Å². The van der Waals surface area contributed by atoms with Gasteiger partial charge in [-0.05, 0) is 92.3 Å². The molecular weight excluding hydrogens is 678 g/mol. The Morgan fingerprint density at radius 1 is 0.915 bits per heavy atom. The van der Waals surface area contributed by atoms with Crippen molar-refractivity contribution in [2.45, 2.75) is 75.9 Å². The quantitative estimate of drug-likeness (QED) is 0.149.